The summed E-state index contributed by atoms with van der Waals surface area (Å²) in [6.07, 6.45) is 4.83. The van der Waals surface area contributed by atoms with Crippen LogP contribution in [0, 0.1) is 13.8 Å². The highest BCUT2D eigenvalue weighted by molar-refractivity contribution is 5.93. The first-order valence-electron chi connectivity index (χ1n) is 7.24. The molecule has 0 saturated carbocycles. The summed E-state index contributed by atoms with van der Waals surface area (Å²) in [6.45, 7) is 8.39. The monoisotopic (exact) mass is 299 g/mol. The van der Waals surface area contributed by atoms with Crippen LogP contribution in [0.25, 0.3) is 0 Å². The molecule has 0 unspecified atom stereocenters. The quantitative estimate of drug-likeness (QED) is 0.885. The van der Waals surface area contributed by atoms with Crippen molar-refractivity contribution in [2.75, 3.05) is 5.32 Å². The fourth-order valence-electron chi connectivity index (χ4n) is 1.97. The van der Waals surface area contributed by atoms with Gasteiger partial charge in [-0.15, -0.1) is 0 Å². The Morgan fingerprint density at radius 3 is 2.41 bits per heavy atom. The Kier molecular flexibility index (Phi) is 5.04. The molecule has 0 bridgehead atoms. The average molecular weight is 299 g/mol. The normalized spacial score (nSPS) is 10.6. The average Bonchev–Trinajstić information content (AvgIpc) is 2.46. The minimum absolute atomic E-state index is 0.198. The molecule has 116 valence electrons. The lowest BCUT2D eigenvalue weighted by atomic mass is 10.1. The minimum atomic E-state index is -0.198. The van der Waals surface area contributed by atoms with Crippen molar-refractivity contribution in [1.82, 2.24) is 20.3 Å². The molecule has 2 rings (SSSR count). The Morgan fingerprint density at radius 2 is 1.82 bits per heavy atom. The summed E-state index contributed by atoms with van der Waals surface area (Å²) < 4.78 is 0. The Hall–Kier alpha value is -2.50. The van der Waals surface area contributed by atoms with Gasteiger partial charge in [-0.05, 0) is 44.9 Å². The first-order valence-corrected chi connectivity index (χ1v) is 7.24. The number of amides is 1. The van der Waals surface area contributed by atoms with Crippen LogP contribution in [0.1, 0.15) is 41.0 Å². The lowest BCUT2D eigenvalue weighted by molar-refractivity contribution is 0.0950. The van der Waals surface area contributed by atoms with Crippen molar-refractivity contribution in [3.63, 3.8) is 0 Å². The number of hydrogen-bond acceptors (Lipinski definition) is 5. The van der Waals surface area contributed by atoms with E-state index >= 15 is 0 Å². The summed E-state index contributed by atoms with van der Waals surface area (Å²) in [5.41, 5.74) is 3.51. The van der Waals surface area contributed by atoms with E-state index < -0.39 is 0 Å². The van der Waals surface area contributed by atoms with Gasteiger partial charge in [0.1, 0.15) is 0 Å². The van der Waals surface area contributed by atoms with E-state index in [2.05, 4.69) is 25.6 Å². The maximum Gasteiger partial charge on any atom is 0.254 e. The fraction of sp³-hybridized carbons (Fsp3) is 0.375. The van der Waals surface area contributed by atoms with Crippen molar-refractivity contribution in [2.45, 2.75) is 40.3 Å². The van der Waals surface area contributed by atoms with E-state index in [1.165, 1.54) is 12.4 Å². The number of nitrogens with zero attached hydrogens (tertiary/aromatic N) is 3. The highest BCUT2D eigenvalue weighted by Crippen LogP contribution is 2.08. The predicted octanol–water partition coefficient (Wildman–Crippen LogP) is 2.24. The van der Waals surface area contributed by atoms with Crippen LogP contribution in [0.2, 0.25) is 0 Å². The van der Waals surface area contributed by atoms with E-state index in [-0.39, 0.29) is 11.9 Å². The summed E-state index contributed by atoms with van der Waals surface area (Å²) in [7, 11) is 0. The Labute approximate surface area is 130 Å². The second-order valence-corrected chi connectivity index (χ2v) is 5.53. The summed E-state index contributed by atoms with van der Waals surface area (Å²) in [5.74, 6) is 0.321. The molecule has 0 aliphatic heterocycles. The van der Waals surface area contributed by atoms with E-state index in [1.54, 1.807) is 6.20 Å². The number of pyridine rings is 1. The van der Waals surface area contributed by atoms with Gasteiger partial charge in [0.2, 0.25) is 5.95 Å². The molecule has 2 heterocycles. The van der Waals surface area contributed by atoms with Gasteiger partial charge in [-0.2, -0.15) is 0 Å². The largest absolute Gasteiger partial charge is 0.352 e. The number of aromatic nitrogens is 3. The SMILES string of the molecule is Cc1cc(C)c(CNC(=O)c2cnc(NC(C)C)nc2)cn1. The maximum absolute atomic E-state index is 12.1. The van der Waals surface area contributed by atoms with E-state index in [9.17, 15) is 4.79 Å². The number of carbonyl (C=O) groups is 1. The smallest absolute Gasteiger partial charge is 0.254 e. The van der Waals surface area contributed by atoms with Crippen molar-refractivity contribution in [3.8, 4) is 0 Å². The maximum atomic E-state index is 12.1. The minimum Gasteiger partial charge on any atom is -0.352 e. The number of carbonyl (C=O) groups excluding carboxylic acids is 1. The van der Waals surface area contributed by atoms with Gasteiger partial charge in [-0.3, -0.25) is 9.78 Å². The highest BCUT2D eigenvalue weighted by atomic mass is 16.1. The van der Waals surface area contributed by atoms with Crippen LogP contribution in [0.15, 0.2) is 24.7 Å². The zero-order valence-electron chi connectivity index (χ0n) is 13.3. The number of aryl methyl sites for hydroxylation is 2. The van der Waals surface area contributed by atoms with Crippen LogP contribution in [-0.2, 0) is 6.54 Å². The third-order valence-corrected chi connectivity index (χ3v) is 3.13. The van der Waals surface area contributed by atoms with Crippen LogP contribution in [-0.4, -0.2) is 26.9 Å². The molecular weight excluding hydrogens is 278 g/mol. The van der Waals surface area contributed by atoms with Gasteiger partial charge in [-0.25, -0.2) is 9.97 Å². The summed E-state index contributed by atoms with van der Waals surface area (Å²) >= 11 is 0. The molecule has 0 spiro atoms. The van der Waals surface area contributed by atoms with Gasteiger partial charge in [-0.1, -0.05) is 0 Å². The fourth-order valence-corrected chi connectivity index (χ4v) is 1.97. The van der Waals surface area contributed by atoms with Gasteiger partial charge in [0.15, 0.2) is 0 Å². The Bertz CT molecular complexity index is 652. The number of anilines is 1. The zero-order valence-corrected chi connectivity index (χ0v) is 13.3. The number of rotatable bonds is 5. The predicted molar refractivity (Wildman–Crippen MR) is 85.7 cm³/mol. The molecule has 2 N–H and O–H groups in total. The van der Waals surface area contributed by atoms with Crippen LogP contribution < -0.4 is 10.6 Å². The van der Waals surface area contributed by atoms with Gasteiger partial charge in [0.25, 0.3) is 5.91 Å². The first kappa shape index (κ1) is 15.9. The molecule has 0 aliphatic carbocycles. The first-order chi connectivity index (χ1) is 10.5. The second kappa shape index (κ2) is 6.98. The molecule has 0 fully saturated rings. The van der Waals surface area contributed by atoms with Crippen molar-refractivity contribution < 1.29 is 4.79 Å². The molecule has 6 nitrogen and oxygen atoms in total. The standard InChI is InChI=1S/C16H21N5O/c1-10(2)21-16-19-8-14(9-20-16)15(22)18-7-13-6-17-12(4)5-11(13)3/h5-6,8-10H,7H2,1-4H3,(H,18,22)(H,19,20,21). The van der Waals surface area contributed by atoms with Gasteiger partial charge in [0, 0.05) is 36.9 Å². The van der Waals surface area contributed by atoms with Gasteiger partial charge >= 0.3 is 0 Å². The molecule has 0 aliphatic rings. The molecule has 0 aromatic carbocycles. The molecule has 0 atom stereocenters. The van der Waals surface area contributed by atoms with Crippen molar-refractivity contribution in [2.24, 2.45) is 0 Å². The Balaban J connectivity index is 1.97. The molecule has 6 heteroatoms. The second-order valence-electron chi connectivity index (χ2n) is 5.53. The van der Waals surface area contributed by atoms with Crippen LogP contribution >= 0.6 is 0 Å². The molecule has 0 radical (unpaired) electrons. The van der Waals surface area contributed by atoms with Gasteiger partial charge < -0.3 is 10.6 Å². The lowest BCUT2D eigenvalue weighted by Crippen LogP contribution is -2.24. The third-order valence-electron chi connectivity index (χ3n) is 3.13. The van der Waals surface area contributed by atoms with Crippen LogP contribution in [0.3, 0.4) is 0 Å². The molecular formula is C16H21N5O. The highest BCUT2D eigenvalue weighted by Gasteiger charge is 2.08. The molecule has 0 saturated heterocycles. The molecule has 2 aromatic rings. The Morgan fingerprint density at radius 1 is 1.14 bits per heavy atom. The van der Waals surface area contributed by atoms with Crippen molar-refractivity contribution in [3.05, 3.63) is 47.0 Å². The van der Waals surface area contributed by atoms with E-state index in [4.69, 9.17) is 0 Å². The number of nitrogens with one attached hydrogen (secondary N) is 2. The zero-order chi connectivity index (χ0) is 16.1. The third kappa shape index (κ3) is 4.25. The van der Waals surface area contributed by atoms with Crippen molar-refractivity contribution in [1.29, 1.82) is 0 Å². The summed E-state index contributed by atoms with van der Waals surface area (Å²) in [4.78, 5) is 24.6. The molecule has 1 amide bonds. The van der Waals surface area contributed by atoms with E-state index in [1.807, 2.05) is 33.8 Å². The summed E-state index contributed by atoms with van der Waals surface area (Å²) in [5, 5.41) is 5.94. The topological polar surface area (TPSA) is 79.8 Å². The lowest BCUT2D eigenvalue weighted by Gasteiger charge is -2.09. The number of hydrogen-bond donors (Lipinski definition) is 2. The van der Waals surface area contributed by atoms with Crippen LogP contribution in [0.4, 0.5) is 5.95 Å². The molecule has 2 aromatic heterocycles. The van der Waals surface area contributed by atoms with E-state index in [0.717, 1.165) is 16.8 Å². The molecule has 22 heavy (non-hydrogen) atoms. The van der Waals surface area contributed by atoms with Crippen LogP contribution in [0.5, 0.6) is 0 Å². The summed E-state index contributed by atoms with van der Waals surface area (Å²) in [6, 6.07) is 2.24. The van der Waals surface area contributed by atoms with Crippen molar-refractivity contribution >= 4 is 11.9 Å². The van der Waals surface area contributed by atoms with Gasteiger partial charge in [0.05, 0.1) is 5.56 Å². The van der Waals surface area contributed by atoms with E-state index in [0.29, 0.717) is 18.1 Å².